The Morgan fingerprint density at radius 2 is 2.11 bits per heavy atom. The van der Waals surface area contributed by atoms with E-state index in [1.165, 1.54) is 5.56 Å². The first kappa shape index (κ1) is 12.9. The predicted molar refractivity (Wildman–Crippen MR) is 75.5 cm³/mol. The lowest BCUT2D eigenvalue weighted by Gasteiger charge is -2.22. The summed E-state index contributed by atoms with van der Waals surface area (Å²) in [5, 5.41) is 0. The van der Waals surface area contributed by atoms with Crippen molar-refractivity contribution >= 4 is 0 Å². The molecule has 3 nitrogen and oxygen atoms in total. The van der Waals surface area contributed by atoms with E-state index in [1.54, 1.807) is 0 Å². The van der Waals surface area contributed by atoms with Gasteiger partial charge in [0.1, 0.15) is 5.75 Å². The zero-order chi connectivity index (χ0) is 13.6. The molecule has 1 aromatic carbocycles. The molecule has 0 saturated carbocycles. The van der Waals surface area contributed by atoms with E-state index in [4.69, 9.17) is 15.2 Å². The molecule has 2 aliphatic rings. The van der Waals surface area contributed by atoms with E-state index in [0.29, 0.717) is 6.10 Å². The highest BCUT2D eigenvalue weighted by atomic mass is 16.5. The third kappa shape index (κ3) is 2.26. The van der Waals surface area contributed by atoms with Crippen molar-refractivity contribution in [2.24, 2.45) is 5.73 Å². The van der Waals surface area contributed by atoms with E-state index in [1.807, 2.05) is 0 Å². The molecule has 3 atom stereocenters. The van der Waals surface area contributed by atoms with Crippen LogP contribution < -0.4 is 10.5 Å². The van der Waals surface area contributed by atoms with Crippen molar-refractivity contribution in [1.82, 2.24) is 0 Å². The van der Waals surface area contributed by atoms with Gasteiger partial charge in [0.15, 0.2) is 0 Å². The monoisotopic (exact) mass is 261 g/mol. The molecule has 2 heterocycles. The van der Waals surface area contributed by atoms with Gasteiger partial charge < -0.3 is 15.2 Å². The average molecular weight is 261 g/mol. The van der Waals surface area contributed by atoms with Crippen molar-refractivity contribution < 1.29 is 9.47 Å². The second-order valence-electron chi connectivity index (χ2n) is 6.52. The summed E-state index contributed by atoms with van der Waals surface area (Å²) in [6, 6.07) is 6.31. The average Bonchev–Trinajstić information content (AvgIpc) is 2.93. The Morgan fingerprint density at radius 1 is 1.32 bits per heavy atom. The fourth-order valence-electron chi connectivity index (χ4n) is 3.06. The lowest BCUT2D eigenvalue weighted by molar-refractivity contribution is 0.0401. The van der Waals surface area contributed by atoms with Gasteiger partial charge in [-0.15, -0.1) is 0 Å². The molecule has 0 spiro atoms. The molecule has 19 heavy (non-hydrogen) atoms. The third-order valence-corrected chi connectivity index (χ3v) is 4.37. The van der Waals surface area contributed by atoms with Gasteiger partial charge in [-0.25, -0.2) is 0 Å². The Labute approximate surface area is 115 Å². The first-order valence-electron chi connectivity index (χ1n) is 7.15. The van der Waals surface area contributed by atoms with Crippen LogP contribution in [0.25, 0.3) is 0 Å². The van der Waals surface area contributed by atoms with Gasteiger partial charge in [0.25, 0.3) is 0 Å². The summed E-state index contributed by atoms with van der Waals surface area (Å²) in [6.45, 7) is 7.29. The predicted octanol–water partition coefficient (Wildman–Crippen LogP) is 2.92. The number of hydrogen-bond acceptors (Lipinski definition) is 3. The summed E-state index contributed by atoms with van der Waals surface area (Å²) in [6.07, 6.45) is 2.65. The summed E-state index contributed by atoms with van der Waals surface area (Å²) in [5.74, 6) is 1.00. The number of nitrogens with two attached hydrogens (primary N) is 1. The summed E-state index contributed by atoms with van der Waals surface area (Å²) in [5.41, 5.74) is 8.89. The molecule has 0 amide bonds. The first-order valence-corrected chi connectivity index (χ1v) is 7.15. The van der Waals surface area contributed by atoms with Crippen LogP contribution in [0.1, 0.15) is 50.8 Å². The third-order valence-electron chi connectivity index (χ3n) is 4.37. The Kier molecular flexibility index (Phi) is 3.06. The van der Waals surface area contributed by atoms with Gasteiger partial charge in [0, 0.05) is 11.0 Å². The van der Waals surface area contributed by atoms with Crippen LogP contribution in [0.4, 0.5) is 0 Å². The van der Waals surface area contributed by atoms with E-state index < -0.39 is 0 Å². The van der Waals surface area contributed by atoms with Crippen molar-refractivity contribution in [3.05, 3.63) is 29.3 Å². The maximum atomic E-state index is 6.38. The van der Waals surface area contributed by atoms with Gasteiger partial charge >= 0.3 is 0 Å². The zero-order valence-electron chi connectivity index (χ0n) is 12.0. The van der Waals surface area contributed by atoms with Crippen molar-refractivity contribution in [1.29, 1.82) is 0 Å². The van der Waals surface area contributed by atoms with Crippen LogP contribution in [0.2, 0.25) is 0 Å². The van der Waals surface area contributed by atoms with Gasteiger partial charge in [-0.1, -0.05) is 19.9 Å². The van der Waals surface area contributed by atoms with Crippen LogP contribution in [0.3, 0.4) is 0 Å². The smallest absolute Gasteiger partial charge is 0.123 e. The lowest BCUT2D eigenvalue weighted by Crippen LogP contribution is -2.26. The molecule has 2 N–H and O–H groups in total. The molecule has 0 bridgehead atoms. The molecule has 0 aromatic heterocycles. The van der Waals surface area contributed by atoms with Gasteiger partial charge in [0.2, 0.25) is 0 Å². The van der Waals surface area contributed by atoms with E-state index in [-0.39, 0.29) is 17.6 Å². The van der Waals surface area contributed by atoms with E-state index in [2.05, 4.69) is 39.0 Å². The van der Waals surface area contributed by atoms with E-state index in [9.17, 15) is 0 Å². The number of benzene rings is 1. The van der Waals surface area contributed by atoms with Crippen molar-refractivity contribution in [3.8, 4) is 5.75 Å². The molecular formula is C16H23NO2. The van der Waals surface area contributed by atoms with Crippen LogP contribution in [0, 0.1) is 0 Å². The Morgan fingerprint density at radius 3 is 2.79 bits per heavy atom. The van der Waals surface area contributed by atoms with E-state index >= 15 is 0 Å². The molecule has 0 aliphatic carbocycles. The number of ether oxygens (including phenoxy) is 2. The highest BCUT2D eigenvalue weighted by Crippen LogP contribution is 2.40. The maximum absolute atomic E-state index is 6.38. The van der Waals surface area contributed by atoms with Crippen molar-refractivity contribution in [2.75, 3.05) is 6.61 Å². The van der Waals surface area contributed by atoms with Crippen LogP contribution in [0.5, 0.6) is 5.75 Å². The second kappa shape index (κ2) is 4.50. The Balaban J connectivity index is 1.86. The van der Waals surface area contributed by atoms with Gasteiger partial charge in [0.05, 0.1) is 24.9 Å². The Hall–Kier alpha value is -1.06. The molecular weight excluding hydrogens is 238 g/mol. The standard InChI is InChI=1S/C16H23NO2/c1-10-4-6-14(19-10)15(17)11-5-7-13-12(8-11)16(2,3)9-18-13/h5,7-8,10,14-15H,4,6,9,17H2,1-3H3. The fraction of sp³-hybridized carbons (Fsp3) is 0.625. The number of hydrogen-bond donors (Lipinski definition) is 1. The van der Waals surface area contributed by atoms with Gasteiger partial charge in [-0.2, -0.15) is 0 Å². The SMILES string of the molecule is CC1CCC(C(N)c2ccc3c(c2)C(C)(C)CO3)O1. The van der Waals surface area contributed by atoms with Crippen LogP contribution in [-0.4, -0.2) is 18.8 Å². The first-order chi connectivity index (χ1) is 8.97. The summed E-state index contributed by atoms with van der Waals surface area (Å²) >= 11 is 0. The highest BCUT2D eigenvalue weighted by Gasteiger charge is 2.34. The van der Waals surface area contributed by atoms with E-state index in [0.717, 1.165) is 30.8 Å². The minimum atomic E-state index is -0.0355. The van der Waals surface area contributed by atoms with Gasteiger partial charge in [-0.05, 0) is 37.5 Å². The molecule has 3 unspecified atom stereocenters. The van der Waals surface area contributed by atoms with Crippen molar-refractivity contribution in [2.45, 2.75) is 57.3 Å². The molecule has 3 rings (SSSR count). The number of rotatable bonds is 2. The quantitative estimate of drug-likeness (QED) is 0.890. The molecule has 1 aromatic rings. The zero-order valence-corrected chi connectivity index (χ0v) is 12.0. The molecule has 0 radical (unpaired) electrons. The topological polar surface area (TPSA) is 44.5 Å². The summed E-state index contributed by atoms with van der Waals surface area (Å²) in [7, 11) is 0. The van der Waals surface area contributed by atoms with Crippen LogP contribution in [0.15, 0.2) is 18.2 Å². The molecule has 3 heteroatoms. The normalized spacial score (nSPS) is 29.9. The largest absolute Gasteiger partial charge is 0.492 e. The summed E-state index contributed by atoms with van der Waals surface area (Å²) in [4.78, 5) is 0. The molecule has 1 saturated heterocycles. The molecule has 2 aliphatic heterocycles. The minimum absolute atomic E-state index is 0.0355. The van der Waals surface area contributed by atoms with Gasteiger partial charge in [-0.3, -0.25) is 0 Å². The van der Waals surface area contributed by atoms with Crippen LogP contribution in [-0.2, 0) is 10.2 Å². The van der Waals surface area contributed by atoms with Crippen LogP contribution >= 0.6 is 0 Å². The lowest BCUT2D eigenvalue weighted by atomic mass is 9.85. The summed E-state index contributed by atoms with van der Waals surface area (Å²) < 4.78 is 11.6. The fourth-order valence-corrected chi connectivity index (χ4v) is 3.06. The maximum Gasteiger partial charge on any atom is 0.123 e. The minimum Gasteiger partial charge on any atom is -0.492 e. The highest BCUT2D eigenvalue weighted by molar-refractivity contribution is 5.46. The second-order valence-corrected chi connectivity index (χ2v) is 6.52. The Bertz CT molecular complexity index is 484. The van der Waals surface area contributed by atoms with Crippen molar-refractivity contribution in [3.63, 3.8) is 0 Å². The molecule has 1 fully saturated rings. The number of fused-ring (bicyclic) bond motifs is 1. The molecule has 104 valence electrons.